The fourth-order valence-corrected chi connectivity index (χ4v) is 2.54. The van der Waals surface area contributed by atoms with E-state index in [1.165, 1.54) is 0 Å². The highest BCUT2D eigenvalue weighted by molar-refractivity contribution is 5.77. The molecule has 2 N–H and O–H groups in total. The summed E-state index contributed by atoms with van der Waals surface area (Å²) in [6, 6.07) is 5.76. The van der Waals surface area contributed by atoms with Gasteiger partial charge < -0.3 is 24.8 Å². The van der Waals surface area contributed by atoms with Gasteiger partial charge in [-0.1, -0.05) is 6.07 Å². The second-order valence-corrected chi connectivity index (χ2v) is 5.33. The van der Waals surface area contributed by atoms with Crippen LogP contribution in [0.5, 0.6) is 11.5 Å². The summed E-state index contributed by atoms with van der Waals surface area (Å²) >= 11 is 0. The average molecular weight is 292 g/mol. The summed E-state index contributed by atoms with van der Waals surface area (Å²) in [5, 5.41) is 6.28. The van der Waals surface area contributed by atoms with Gasteiger partial charge in [0.1, 0.15) is 0 Å². The smallest absolute Gasteiger partial charge is 0.231 e. The number of carbonyl (C=O) groups is 1. The molecule has 2 unspecified atom stereocenters. The van der Waals surface area contributed by atoms with Crippen molar-refractivity contribution in [3.63, 3.8) is 0 Å². The van der Waals surface area contributed by atoms with Crippen LogP contribution in [0.3, 0.4) is 0 Å². The van der Waals surface area contributed by atoms with Gasteiger partial charge in [-0.3, -0.25) is 4.79 Å². The van der Waals surface area contributed by atoms with Crippen molar-refractivity contribution in [2.75, 3.05) is 26.6 Å². The highest BCUT2D eigenvalue weighted by atomic mass is 16.7. The number of hydrogen-bond donors (Lipinski definition) is 2. The zero-order chi connectivity index (χ0) is 14.7. The summed E-state index contributed by atoms with van der Waals surface area (Å²) in [6.07, 6.45) is 0.425. The van der Waals surface area contributed by atoms with E-state index in [2.05, 4.69) is 10.6 Å². The van der Waals surface area contributed by atoms with Gasteiger partial charge in [0.2, 0.25) is 12.7 Å². The summed E-state index contributed by atoms with van der Waals surface area (Å²) in [6.45, 7) is 4.32. The minimum Gasteiger partial charge on any atom is -0.454 e. The molecule has 114 valence electrons. The van der Waals surface area contributed by atoms with Crippen LogP contribution in [-0.4, -0.2) is 38.5 Å². The maximum absolute atomic E-state index is 12.1. The van der Waals surface area contributed by atoms with Gasteiger partial charge in [-0.2, -0.15) is 0 Å². The van der Waals surface area contributed by atoms with Crippen LogP contribution in [0.2, 0.25) is 0 Å². The van der Waals surface area contributed by atoms with Crippen molar-refractivity contribution in [3.8, 4) is 11.5 Å². The van der Waals surface area contributed by atoms with E-state index in [9.17, 15) is 4.79 Å². The highest BCUT2D eigenvalue weighted by Crippen LogP contribution is 2.34. The number of benzene rings is 1. The topological polar surface area (TPSA) is 68.8 Å². The van der Waals surface area contributed by atoms with Gasteiger partial charge in [0, 0.05) is 19.0 Å². The molecule has 3 rings (SSSR count). The number of amides is 1. The average Bonchev–Trinajstić information content (AvgIpc) is 2.95. The molecule has 1 aromatic carbocycles. The third-order valence-electron chi connectivity index (χ3n) is 3.70. The van der Waals surface area contributed by atoms with Crippen LogP contribution in [0.25, 0.3) is 0 Å². The Labute approximate surface area is 123 Å². The van der Waals surface area contributed by atoms with Gasteiger partial charge in [-0.25, -0.2) is 0 Å². The SMILES string of the molecule is CC(NC(=O)CC1COCCN1)c1ccc2c(c1)OCO2. The van der Waals surface area contributed by atoms with Gasteiger partial charge in [0.15, 0.2) is 11.5 Å². The van der Waals surface area contributed by atoms with E-state index in [0.29, 0.717) is 19.6 Å². The van der Waals surface area contributed by atoms with Crippen LogP contribution in [-0.2, 0) is 9.53 Å². The Balaban J connectivity index is 1.55. The van der Waals surface area contributed by atoms with Gasteiger partial charge in [-0.15, -0.1) is 0 Å². The van der Waals surface area contributed by atoms with E-state index in [-0.39, 0.29) is 24.8 Å². The molecule has 1 saturated heterocycles. The van der Waals surface area contributed by atoms with E-state index in [4.69, 9.17) is 14.2 Å². The third kappa shape index (κ3) is 3.46. The number of ether oxygens (including phenoxy) is 3. The van der Waals surface area contributed by atoms with E-state index < -0.39 is 0 Å². The first-order chi connectivity index (χ1) is 10.2. The Morgan fingerprint density at radius 3 is 3.10 bits per heavy atom. The molecule has 0 radical (unpaired) electrons. The minimum absolute atomic E-state index is 0.0168. The number of nitrogens with one attached hydrogen (secondary N) is 2. The first-order valence-corrected chi connectivity index (χ1v) is 7.22. The van der Waals surface area contributed by atoms with Crippen molar-refractivity contribution in [1.29, 1.82) is 0 Å². The lowest BCUT2D eigenvalue weighted by Crippen LogP contribution is -2.44. The monoisotopic (exact) mass is 292 g/mol. The number of fused-ring (bicyclic) bond motifs is 1. The fraction of sp³-hybridized carbons (Fsp3) is 0.533. The Kier molecular flexibility index (Phi) is 4.26. The van der Waals surface area contributed by atoms with E-state index in [0.717, 1.165) is 23.6 Å². The summed E-state index contributed by atoms with van der Waals surface area (Å²) < 4.78 is 16.0. The molecule has 0 saturated carbocycles. The Bertz CT molecular complexity index is 514. The number of carbonyl (C=O) groups excluding carboxylic acids is 1. The normalized spacial score (nSPS) is 21.9. The van der Waals surface area contributed by atoms with Crippen LogP contribution in [0.4, 0.5) is 0 Å². The number of morpholine rings is 1. The maximum Gasteiger partial charge on any atom is 0.231 e. The van der Waals surface area contributed by atoms with Gasteiger partial charge >= 0.3 is 0 Å². The summed E-state index contributed by atoms with van der Waals surface area (Å²) in [5.74, 6) is 1.50. The molecule has 1 fully saturated rings. The summed E-state index contributed by atoms with van der Waals surface area (Å²) in [7, 11) is 0. The lowest BCUT2D eigenvalue weighted by molar-refractivity contribution is -0.122. The lowest BCUT2D eigenvalue weighted by atomic mass is 10.1. The van der Waals surface area contributed by atoms with E-state index in [1.54, 1.807) is 0 Å². The second-order valence-electron chi connectivity index (χ2n) is 5.33. The van der Waals surface area contributed by atoms with Crippen molar-refractivity contribution in [1.82, 2.24) is 10.6 Å². The van der Waals surface area contributed by atoms with Gasteiger partial charge in [0.25, 0.3) is 0 Å². The molecule has 2 heterocycles. The molecule has 2 atom stereocenters. The molecule has 1 aromatic rings. The summed E-state index contributed by atoms with van der Waals surface area (Å²) in [4.78, 5) is 12.1. The molecule has 2 aliphatic heterocycles. The first kappa shape index (κ1) is 14.2. The molecular weight excluding hydrogens is 272 g/mol. The third-order valence-corrected chi connectivity index (χ3v) is 3.70. The molecular formula is C15H20N2O4. The van der Waals surface area contributed by atoms with E-state index >= 15 is 0 Å². The molecule has 0 bridgehead atoms. The van der Waals surface area contributed by atoms with Crippen molar-refractivity contribution < 1.29 is 19.0 Å². The van der Waals surface area contributed by atoms with Crippen LogP contribution in [0.15, 0.2) is 18.2 Å². The molecule has 0 spiro atoms. The molecule has 6 heteroatoms. The quantitative estimate of drug-likeness (QED) is 0.865. The largest absolute Gasteiger partial charge is 0.454 e. The summed E-state index contributed by atoms with van der Waals surface area (Å²) in [5.41, 5.74) is 1.00. The Morgan fingerprint density at radius 1 is 1.43 bits per heavy atom. The zero-order valence-corrected chi connectivity index (χ0v) is 12.1. The van der Waals surface area contributed by atoms with Crippen molar-refractivity contribution in [2.24, 2.45) is 0 Å². The fourth-order valence-electron chi connectivity index (χ4n) is 2.54. The molecule has 2 aliphatic rings. The van der Waals surface area contributed by atoms with Crippen LogP contribution >= 0.6 is 0 Å². The van der Waals surface area contributed by atoms with Gasteiger partial charge in [0.05, 0.1) is 19.3 Å². The molecule has 0 aliphatic carbocycles. The Hall–Kier alpha value is -1.79. The molecule has 6 nitrogen and oxygen atoms in total. The molecule has 0 aromatic heterocycles. The Morgan fingerprint density at radius 2 is 2.29 bits per heavy atom. The van der Waals surface area contributed by atoms with Crippen LogP contribution in [0.1, 0.15) is 24.9 Å². The zero-order valence-electron chi connectivity index (χ0n) is 12.1. The highest BCUT2D eigenvalue weighted by Gasteiger charge is 2.20. The van der Waals surface area contributed by atoms with E-state index in [1.807, 2.05) is 25.1 Å². The lowest BCUT2D eigenvalue weighted by Gasteiger charge is -2.24. The predicted molar refractivity (Wildman–Crippen MR) is 76.3 cm³/mol. The minimum atomic E-state index is -0.0727. The first-order valence-electron chi connectivity index (χ1n) is 7.22. The van der Waals surface area contributed by atoms with Crippen molar-refractivity contribution in [3.05, 3.63) is 23.8 Å². The predicted octanol–water partition coefficient (Wildman–Crippen LogP) is 0.971. The maximum atomic E-state index is 12.1. The molecule has 1 amide bonds. The number of rotatable bonds is 4. The standard InChI is InChI=1S/C15H20N2O4/c1-10(11-2-3-13-14(6-11)21-9-20-13)17-15(18)7-12-8-19-5-4-16-12/h2-3,6,10,12,16H,4-5,7-9H2,1H3,(H,17,18). The number of hydrogen-bond acceptors (Lipinski definition) is 5. The van der Waals surface area contributed by atoms with Crippen molar-refractivity contribution >= 4 is 5.91 Å². The van der Waals surface area contributed by atoms with Crippen LogP contribution < -0.4 is 20.1 Å². The van der Waals surface area contributed by atoms with Gasteiger partial charge in [-0.05, 0) is 24.6 Å². The second kappa shape index (κ2) is 6.32. The van der Waals surface area contributed by atoms with Crippen LogP contribution in [0, 0.1) is 0 Å². The molecule has 21 heavy (non-hydrogen) atoms. The van der Waals surface area contributed by atoms with Crippen molar-refractivity contribution in [2.45, 2.75) is 25.4 Å².